The van der Waals surface area contributed by atoms with Crippen molar-refractivity contribution in [3.63, 3.8) is 0 Å². The maximum Gasteiger partial charge on any atom is 0.325 e. The van der Waals surface area contributed by atoms with Crippen LogP contribution in [0.3, 0.4) is 0 Å². The Morgan fingerprint density at radius 3 is 2.07 bits per heavy atom. The van der Waals surface area contributed by atoms with Gasteiger partial charge in [0.2, 0.25) is 17.7 Å². The van der Waals surface area contributed by atoms with E-state index in [1.807, 2.05) is 6.92 Å². The summed E-state index contributed by atoms with van der Waals surface area (Å²) in [5.74, 6) is -2.93. The van der Waals surface area contributed by atoms with E-state index in [9.17, 15) is 19.2 Å². The van der Waals surface area contributed by atoms with E-state index in [2.05, 4.69) is 16.0 Å². The van der Waals surface area contributed by atoms with Gasteiger partial charge in [0.15, 0.2) is 0 Å². The summed E-state index contributed by atoms with van der Waals surface area (Å²) in [5.41, 5.74) is 10.8. The second-order valence-electron chi connectivity index (χ2n) is 6.55. The van der Waals surface area contributed by atoms with Gasteiger partial charge in [-0.3, -0.25) is 19.2 Å². The first-order valence-corrected chi connectivity index (χ1v) is 9.20. The first-order valence-electron chi connectivity index (χ1n) is 9.20. The van der Waals surface area contributed by atoms with E-state index < -0.39 is 41.8 Å². The van der Waals surface area contributed by atoms with Crippen molar-refractivity contribution < 1.29 is 24.3 Å². The van der Waals surface area contributed by atoms with Crippen LogP contribution in [0.2, 0.25) is 0 Å². The van der Waals surface area contributed by atoms with Crippen LogP contribution in [-0.2, 0) is 19.2 Å². The van der Waals surface area contributed by atoms with Crippen molar-refractivity contribution in [2.75, 3.05) is 13.1 Å². The molecule has 0 aromatic carbocycles. The molecule has 0 aliphatic carbocycles. The zero-order valence-electron chi connectivity index (χ0n) is 16.3. The van der Waals surface area contributed by atoms with Crippen LogP contribution in [0.4, 0.5) is 0 Å². The van der Waals surface area contributed by atoms with Gasteiger partial charge in [-0.15, -0.1) is 0 Å². The van der Waals surface area contributed by atoms with E-state index in [1.54, 1.807) is 6.92 Å². The summed E-state index contributed by atoms with van der Waals surface area (Å²) in [6.07, 6.45) is 2.18. The third kappa shape index (κ3) is 9.34. The third-order valence-corrected chi connectivity index (χ3v) is 4.31. The predicted octanol–water partition coefficient (Wildman–Crippen LogP) is -1.32. The van der Waals surface area contributed by atoms with Crippen molar-refractivity contribution in [1.82, 2.24) is 16.0 Å². The highest BCUT2D eigenvalue weighted by atomic mass is 16.4. The van der Waals surface area contributed by atoms with Gasteiger partial charge >= 0.3 is 5.97 Å². The number of unbranched alkanes of at least 4 members (excludes halogenated alkanes) is 1. The molecule has 27 heavy (non-hydrogen) atoms. The molecule has 0 aromatic rings. The van der Waals surface area contributed by atoms with Crippen molar-refractivity contribution in [1.29, 1.82) is 0 Å². The Kier molecular flexibility index (Phi) is 12.0. The zero-order valence-corrected chi connectivity index (χ0v) is 16.3. The number of carbonyl (C=O) groups is 4. The highest BCUT2D eigenvalue weighted by molar-refractivity contribution is 5.93. The van der Waals surface area contributed by atoms with Crippen LogP contribution >= 0.6 is 0 Å². The fourth-order valence-electron chi connectivity index (χ4n) is 2.33. The number of hydrogen-bond acceptors (Lipinski definition) is 6. The average Bonchev–Trinajstić information content (AvgIpc) is 2.63. The van der Waals surface area contributed by atoms with Crippen molar-refractivity contribution in [2.45, 2.75) is 64.6 Å². The number of carboxylic acid groups (broad SMARTS) is 1. The van der Waals surface area contributed by atoms with Crippen LogP contribution in [-0.4, -0.2) is 60.0 Å². The lowest BCUT2D eigenvalue weighted by Crippen LogP contribution is -2.57. The van der Waals surface area contributed by atoms with Crippen LogP contribution in [0.5, 0.6) is 0 Å². The van der Waals surface area contributed by atoms with E-state index in [-0.39, 0.29) is 12.5 Å². The van der Waals surface area contributed by atoms with Crippen LogP contribution < -0.4 is 27.4 Å². The predicted molar refractivity (Wildman–Crippen MR) is 101 cm³/mol. The number of carboxylic acids is 1. The van der Waals surface area contributed by atoms with Gasteiger partial charge in [-0.2, -0.15) is 0 Å². The normalized spacial score (nSPS) is 15.1. The number of aliphatic carboxylic acids is 1. The number of amides is 3. The molecule has 156 valence electrons. The molecule has 3 amide bonds. The Hall–Kier alpha value is -2.20. The summed E-state index contributed by atoms with van der Waals surface area (Å²) >= 11 is 0. The molecule has 0 saturated carbocycles. The van der Waals surface area contributed by atoms with Crippen LogP contribution in [0.15, 0.2) is 0 Å². The van der Waals surface area contributed by atoms with Gasteiger partial charge in [0.25, 0.3) is 0 Å². The summed E-state index contributed by atoms with van der Waals surface area (Å²) < 4.78 is 0. The van der Waals surface area contributed by atoms with Gasteiger partial charge in [0.05, 0.1) is 6.54 Å². The summed E-state index contributed by atoms with van der Waals surface area (Å²) in [5, 5.41) is 16.5. The lowest BCUT2D eigenvalue weighted by molar-refractivity contribution is -0.141. The van der Waals surface area contributed by atoms with Crippen LogP contribution in [0.1, 0.15) is 46.5 Å². The standard InChI is InChI=1S/C17H33N5O5/c1-4-10(2)14(22-13(23)9-19)16(25)21-12(7-5-6-8-18)15(24)20-11(3)17(26)27/h10-12,14H,4-9,18-19H2,1-3H3,(H,20,24)(H,21,25)(H,22,23)(H,26,27). The van der Waals surface area contributed by atoms with E-state index in [0.29, 0.717) is 32.2 Å². The fraction of sp³-hybridized carbons (Fsp3) is 0.765. The molecule has 10 heteroatoms. The molecule has 0 aromatic heterocycles. The van der Waals surface area contributed by atoms with Gasteiger partial charge in [-0.25, -0.2) is 0 Å². The molecule has 0 aliphatic rings. The Labute approximate surface area is 159 Å². The van der Waals surface area contributed by atoms with E-state index >= 15 is 0 Å². The SMILES string of the molecule is CCC(C)C(NC(=O)CN)C(=O)NC(CCCCN)C(=O)NC(C)C(=O)O. The Balaban J connectivity index is 5.21. The molecule has 0 bridgehead atoms. The average molecular weight is 387 g/mol. The molecule has 4 atom stereocenters. The van der Waals surface area contributed by atoms with E-state index in [1.165, 1.54) is 6.92 Å². The van der Waals surface area contributed by atoms with Crippen molar-refractivity contribution in [2.24, 2.45) is 17.4 Å². The third-order valence-electron chi connectivity index (χ3n) is 4.31. The van der Waals surface area contributed by atoms with Gasteiger partial charge in [-0.1, -0.05) is 20.3 Å². The maximum atomic E-state index is 12.7. The number of hydrogen-bond donors (Lipinski definition) is 6. The minimum atomic E-state index is -1.18. The highest BCUT2D eigenvalue weighted by Gasteiger charge is 2.30. The minimum absolute atomic E-state index is 0.175. The molecule has 0 spiro atoms. The van der Waals surface area contributed by atoms with E-state index in [4.69, 9.17) is 16.6 Å². The summed E-state index contributed by atoms with van der Waals surface area (Å²) in [4.78, 5) is 47.7. The maximum absolute atomic E-state index is 12.7. The second-order valence-corrected chi connectivity index (χ2v) is 6.55. The summed E-state index contributed by atoms with van der Waals surface area (Å²) in [6, 6.07) is -2.85. The topological polar surface area (TPSA) is 177 Å². The van der Waals surface area contributed by atoms with Gasteiger partial charge in [-0.05, 0) is 38.6 Å². The van der Waals surface area contributed by atoms with Crippen molar-refractivity contribution in [3.8, 4) is 0 Å². The number of rotatable bonds is 13. The quantitative estimate of drug-likeness (QED) is 0.212. The molecule has 8 N–H and O–H groups in total. The highest BCUT2D eigenvalue weighted by Crippen LogP contribution is 2.10. The summed E-state index contributed by atoms with van der Waals surface area (Å²) in [6.45, 7) is 5.20. The van der Waals surface area contributed by atoms with E-state index in [0.717, 1.165) is 0 Å². The lowest BCUT2D eigenvalue weighted by Gasteiger charge is -2.26. The molecule has 0 fully saturated rings. The summed E-state index contributed by atoms with van der Waals surface area (Å²) in [7, 11) is 0. The van der Waals surface area contributed by atoms with Gasteiger partial charge in [0.1, 0.15) is 18.1 Å². The monoisotopic (exact) mass is 387 g/mol. The smallest absolute Gasteiger partial charge is 0.325 e. The fourth-order valence-corrected chi connectivity index (χ4v) is 2.33. The molecular weight excluding hydrogens is 354 g/mol. The molecule has 4 unspecified atom stereocenters. The number of nitrogens with two attached hydrogens (primary N) is 2. The van der Waals surface area contributed by atoms with Crippen molar-refractivity contribution >= 4 is 23.7 Å². The van der Waals surface area contributed by atoms with Crippen molar-refractivity contribution in [3.05, 3.63) is 0 Å². The Morgan fingerprint density at radius 1 is 0.963 bits per heavy atom. The molecule has 0 rings (SSSR count). The molecular formula is C17H33N5O5. The molecule has 0 saturated heterocycles. The van der Waals surface area contributed by atoms with Gasteiger partial charge < -0.3 is 32.5 Å². The second kappa shape index (κ2) is 13.0. The molecule has 0 radical (unpaired) electrons. The number of carbonyl (C=O) groups excluding carboxylic acids is 3. The lowest BCUT2D eigenvalue weighted by atomic mass is 9.97. The molecule has 0 aliphatic heterocycles. The Morgan fingerprint density at radius 2 is 1.59 bits per heavy atom. The number of nitrogens with one attached hydrogen (secondary N) is 3. The van der Waals surface area contributed by atoms with Gasteiger partial charge in [0, 0.05) is 0 Å². The zero-order chi connectivity index (χ0) is 21.0. The molecule has 0 heterocycles. The van der Waals surface area contributed by atoms with Crippen LogP contribution in [0.25, 0.3) is 0 Å². The first-order chi connectivity index (χ1) is 12.7. The largest absolute Gasteiger partial charge is 0.480 e. The first kappa shape index (κ1) is 24.8. The van der Waals surface area contributed by atoms with Crippen LogP contribution in [0, 0.1) is 5.92 Å². The molecule has 10 nitrogen and oxygen atoms in total. The Bertz CT molecular complexity index is 514. The minimum Gasteiger partial charge on any atom is -0.480 e.